The lowest BCUT2D eigenvalue weighted by Gasteiger charge is -2.01. The van der Waals surface area contributed by atoms with E-state index in [0.717, 1.165) is 12.0 Å². The quantitative estimate of drug-likeness (QED) is 0.585. The van der Waals surface area contributed by atoms with E-state index in [2.05, 4.69) is 9.72 Å². The average Bonchev–Trinajstić information content (AvgIpc) is 2.18. The summed E-state index contributed by atoms with van der Waals surface area (Å²) in [4.78, 5) is 14.5. The topological polar surface area (TPSA) is 48.4 Å². The summed E-state index contributed by atoms with van der Waals surface area (Å²) in [6, 6.07) is 5.47. The van der Waals surface area contributed by atoms with E-state index < -0.39 is 5.97 Å². The summed E-state index contributed by atoms with van der Waals surface area (Å²) in [6.07, 6.45) is 2.83. The van der Waals surface area contributed by atoms with Crippen LogP contribution in [0.4, 0.5) is 0 Å². The van der Waals surface area contributed by atoms with Gasteiger partial charge in [-0.25, -0.2) is 0 Å². The van der Waals surface area contributed by atoms with Gasteiger partial charge in [0.1, 0.15) is 12.9 Å². The van der Waals surface area contributed by atoms with Crippen LogP contribution < -0.4 is 0 Å². The number of hydrogen-bond acceptors (Lipinski definition) is 4. The van der Waals surface area contributed by atoms with Crippen molar-refractivity contribution in [1.82, 2.24) is 4.98 Å². The molecule has 0 bridgehead atoms. The minimum absolute atomic E-state index is 0.0987. The van der Waals surface area contributed by atoms with Crippen molar-refractivity contribution in [2.45, 2.75) is 13.5 Å². The van der Waals surface area contributed by atoms with Crippen LogP contribution in [-0.2, 0) is 20.9 Å². The van der Waals surface area contributed by atoms with Gasteiger partial charge in [-0.2, -0.15) is 0 Å². The lowest BCUT2D eigenvalue weighted by atomic mass is 10.4. The zero-order valence-corrected chi connectivity index (χ0v) is 8.90. The van der Waals surface area contributed by atoms with Crippen LogP contribution in [0.15, 0.2) is 35.9 Å². The lowest BCUT2D eigenvalue weighted by molar-refractivity contribution is -0.136. The van der Waals surface area contributed by atoms with Gasteiger partial charge in [0.15, 0.2) is 0 Å². The Morgan fingerprint density at radius 3 is 3.00 bits per heavy atom. The van der Waals surface area contributed by atoms with E-state index in [1.165, 1.54) is 6.92 Å². The fourth-order valence-electron chi connectivity index (χ4n) is 0.837. The van der Waals surface area contributed by atoms with E-state index in [-0.39, 0.29) is 11.8 Å². The molecular weight excluding hydrogens is 218 g/mol. The minimum atomic E-state index is -0.488. The van der Waals surface area contributed by atoms with Gasteiger partial charge in [-0.3, -0.25) is 9.78 Å². The van der Waals surface area contributed by atoms with Gasteiger partial charge in [0.05, 0.1) is 5.69 Å². The first-order valence-electron chi connectivity index (χ1n) is 4.24. The summed E-state index contributed by atoms with van der Waals surface area (Å²) < 4.78 is 9.58. The van der Waals surface area contributed by atoms with E-state index in [9.17, 15) is 4.79 Å². The predicted molar refractivity (Wildman–Crippen MR) is 54.7 cm³/mol. The Morgan fingerprint density at radius 2 is 2.40 bits per heavy atom. The maximum Gasteiger partial charge on any atom is 0.308 e. The van der Waals surface area contributed by atoms with Crippen molar-refractivity contribution >= 4 is 17.6 Å². The second kappa shape index (κ2) is 6.03. The number of halogens is 1. The van der Waals surface area contributed by atoms with Crippen molar-refractivity contribution in [1.29, 1.82) is 0 Å². The molecule has 0 saturated carbocycles. The fraction of sp³-hybridized carbons (Fsp3) is 0.200. The molecule has 1 aromatic rings. The van der Waals surface area contributed by atoms with Gasteiger partial charge >= 0.3 is 5.97 Å². The number of hydrogen-bond donors (Lipinski definition) is 0. The van der Waals surface area contributed by atoms with Gasteiger partial charge in [-0.05, 0) is 23.7 Å². The van der Waals surface area contributed by atoms with Crippen LogP contribution in [0.1, 0.15) is 12.6 Å². The van der Waals surface area contributed by atoms with Crippen molar-refractivity contribution in [2.24, 2.45) is 0 Å². The Labute approximate surface area is 92.5 Å². The SMILES string of the molecule is CC(=O)O/C(Cl)=C\OCc1ccccn1. The monoisotopic (exact) mass is 227 g/mol. The smallest absolute Gasteiger partial charge is 0.308 e. The van der Waals surface area contributed by atoms with Crippen molar-refractivity contribution in [2.75, 3.05) is 0 Å². The molecule has 5 heteroatoms. The third kappa shape index (κ3) is 5.02. The molecule has 80 valence electrons. The molecule has 0 unspecified atom stereocenters. The van der Waals surface area contributed by atoms with Gasteiger partial charge < -0.3 is 9.47 Å². The molecular formula is C10H10ClNO3. The van der Waals surface area contributed by atoms with Crippen LogP contribution in [0.25, 0.3) is 0 Å². The lowest BCUT2D eigenvalue weighted by Crippen LogP contribution is -1.96. The van der Waals surface area contributed by atoms with Gasteiger partial charge in [-0.15, -0.1) is 0 Å². The Hall–Kier alpha value is -1.55. The summed E-state index contributed by atoms with van der Waals surface area (Å²) in [7, 11) is 0. The van der Waals surface area contributed by atoms with Gasteiger partial charge in [0.2, 0.25) is 5.22 Å². The Morgan fingerprint density at radius 1 is 1.60 bits per heavy atom. The zero-order chi connectivity index (χ0) is 11.1. The number of rotatable bonds is 4. The second-order valence-corrected chi connectivity index (χ2v) is 3.02. The largest absolute Gasteiger partial charge is 0.490 e. The van der Waals surface area contributed by atoms with Crippen molar-refractivity contribution < 1.29 is 14.3 Å². The van der Waals surface area contributed by atoms with Crippen molar-refractivity contribution in [3.8, 4) is 0 Å². The molecule has 0 aliphatic carbocycles. The Bertz CT molecular complexity index is 351. The molecule has 0 aliphatic rings. The van der Waals surface area contributed by atoms with Gasteiger partial charge in [0.25, 0.3) is 0 Å². The molecule has 1 rings (SSSR count). The first-order valence-corrected chi connectivity index (χ1v) is 4.62. The Balaban J connectivity index is 2.35. The van der Waals surface area contributed by atoms with Crippen LogP contribution in [-0.4, -0.2) is 11.0 Å². The van der Waals surface area contributed by atoms with Gasteiger partial charge in [-0.1, -0.05) is 6.07 Å². The molecule has 0 fully saturated rings. The first kappa shape index (κ1) is 11.5. The molecule has 0 N–H and O–H groups in total. The number of ether oxygens (including phenoxy) is 2. The molecule has 4 nitrogen and oxygen atoms in total. The summed E-state index contributed by atoms with van der Waals surface area (Å²) >= 11 is 5.51. The van der Waals surface area contributed by atoms with Crippen LogP contribution in [0.3, 0.4) is 0 Å². The number of nitrogens with zero attached hydrogens (tertiary/aromatic N) is 1. The van der Waals surface area contributed by atoms with E-state index in [0.29, 0.717) is 0 Å². The molecule has 1 heterocycles. The summed E-state index contributed by atoms with van der Waals surface area (Å²) in [6.45, 7) is 1.54. The molecule has 15 heavy (non-hydrogen) atoms. The highest BCUT2D eigenvalue weighted by Gasteiger charge is 1.98. The molecule has 0 atom stereocenters. The summed E-state index contributed by atoms with van der Waals surface area (Å²) in [5, 5.41) is -0.0987. The Kier molecular flexibility index (Phi) is 4.63. The molecule has 0 amide bonds. The average molecular weight is 228 g/mol. The zero-order valence-electron chi connectivity index (χ0n) is 8.14. The third-order valence-corrected chi connectivity index (χ3v) is 1.54. The van der Waals surface area contributed by atoms with Crippen LogP contribution in [0, 0.1) is 0 Å². The first-order chi connectivity index (χ1) is 7.18. The third-order valence-electron chi connectivity index (χ3n) is 1.37. The molecule has 0 radical (unpaired) electrons. The highest BCUT2D eigenvalue weighted by atomic mass is 35.5. The molecule has 0 aliphatic heterocycles. The number of esters is 1. The van der Waals surface area contributed by atoms with Crippen LogP contribution >= 0.6 is 11.6 Å². The standard InChI is InChI=1S/C10H10ClNO3/c1-8(13)15-10(11)7-14-6-9-4-2-3-5-12-9/h2-5,7H,6H2,1H3/b10-7-. The molecule has 0 aromatic carbocycles. The van der Waals surface area contributed by atoms with Crippen LogP contribution in [0.5, 0.6) is 0 Å². The number of carbonyl (C=O) groups excluding carboxylic acids is 1. The highest BCUT2D eigenvalue weighted by molar-refractivity contribution is 6.28. The summed E-state index contributed by atoms with van der Waals surface area (Å²) in [5.74, 6) is -0.488. The van der Waals surface area contributed by atoms with E-state index in [4.69, 9.17) is 16.3 Å². The van der Waals surface area contributed by atoms with Crippen molar-refractivity contribution in [3.63, 3.8) is 0 Å². The van der Waals surface area contributed by atoms with Crippen molar-refractivity contribution in [3.05, 3.63) is 41.6 Å². The molecule has 1 aromatic heterocycles. The number of aromatic nitrogens is 1. The van der Waals surface area contributed by atoms with Crippen LogP contribution in [0.2, 0.25) is 0 Å². The van der Waals surface area contributed by atoms with E-state index in [1.54, 1.807) is 6.20 Å². The minimum Gasteiger partial charge on any atom is -0.490 e. The fourth-order valence-corrected chi connectivity index (χ4v) is 1.01. The summed E-state index contributed by atoms with van der Waals surface area (Å²) in [5.41, 5.74) is 0.765. The number of carbonyl (C=O) groups is 1. The maximum absolute atomic E-state index is 10.5. The molecule has 0 spiro atoms. The van der Waals surface area contributed by atoms with Gasteiger partial charge in [0, 0.05) is 13.1 Å². The maximum atomic E-state index is 10.5. The number of pyridine rings is 1. The highest BCUT2D eigenvalue weighted by Crippen LogP contribution is 2.05. The normalized spacial score (nSPS) is 10.9. The second-order valence-electron chi connectivity index (χ2n) is 2.65. The molecule has 0 saturated heterocycles. The van der Waals surface area contributed by atoms with E-state index in [1.807, 2.05) is 18.2 Å². The van der Waals surface area contributed by atoms with E-state index >= 15 is 0 Å². The predicted octanol–water partition coefficient (Wildman–Crippen LogP) is 2.20.